The molecule has 0 saturated heterocycles. The quantitative estimate of drug-likeness (QED) is 0.411. The summed E-state index contributed by atoms with van der Waals surface area (Å²) in [6, 6.07) is 24.7. The number of esters is 1. The maximum absolute atomic E-state index is 13.1. The van der Waals surface area contributed by atoms with Crippen LogP contribution in [0.25, 0.3) is 5.70 Å². The summed E-state index contributed by atoms with van der Waals surface area (Å²) in [5, 5.41) is 6.83. The number of nitrogens with one attached hydrogen (secondary N) is 2. The van der Waals surface area contributed by atoms with Gasteiger partial charge in [-0.3, -0.25) is 4.79 Å². The summed E-state index contributed by atoms with van der Waals surface area (Å²) in [6.07, 6.45) is 0. The number of nitrogens with zero attached hydrogens (tertiary/aromatic N) is 1. The van der Waals surface area contributed by atoms with Crippen molar-refractivity contribution < 1.29 is 14.3 Å². The average Bonchev–Trinajstić information content (AvgIpc) is 2.87. The molecule has 0 bridgehead atoms. The molecule has 7 heteroatoms. The van der Waals surface area contributed by atoms with Crippen LogP contribution in [0.15, 0.2) is 89.4 Å². The third-order valence-corrected chi connectivity index (χ3v) is 6.43. The Labute approximate surface area is 215 Å². The predicted molar refractivity (Wildman–Crippen MR) is 147 cm³/mol. The molecule has 1 aliphatic heterocycles. The number of aryl methyl sites for hydroxylation is 2. The van der Waals surface area contributed by atoms with Gasteiger partial charge in [0.2, 0.25) is 5.91 Å². The molecule has 1 heterocycles. The van der Waals surface area contributed by atoms with Gasteiger partial charge in [0.15, 0.2) is 5.17 Å². The second kappa shape index (κ2) is 11.7. The van der Waals surface area contributed by atoms with E-state index in [0.717, 1.165) is 27.9 Å². The molecule has 1 amide bonds. The van der Waals surface area contributed by atoms with Crippen LogP contribution in [-0.4, -0.2) is 29.4 Å². The van der Waals surface area contributed by atoms with Crippen molar-refractivity contribution in [2.75, 3.05) is 17.7 Å². The van der Waals surface area contributed by atoms with Crippen LogP contribution >= 0.6 is 11.8 Å². The van der Waals surface area contributed by atoms with Gasteiger partial charge in [0.1, 0.15) is 6.04 Å². The normalized spacial score (nSPS) is 15.1. The van der Waals surface area contributed by atoms with Crippen LogP contribution in [0, 0.1) is 13.8 Å². The van der Waals surface area contributed by atoms with Gasteiger partial charge >= 0.3 is 5.97 Å². The van der Waals surface area contributed by atoms with E-state index in [4.69, 9.17) is 9.73 Å². The van der Waals surface area contributed by atoms with Gasteiger partial charge in [-0.15, -0.1) is 0 Å². The van der Waals surface area contributed by atoms with Gasteiger partial charge in [-0.2, -0.15) is 0 Å². The van der Waals surface area contributed by atoms with Crippen molar-refractivity contribution in [3.63, 3.8) is 0 Å². The van der Waals surface area contributed by atoms with E-state index in [1.165, 1.54) is 11.8 Å². The highest BCUT2D eigenvalue weighted by Crippen LogP contribution is 2.36. The number of anilines is 1. The van der Waals surface area contributed by atoms with Crippen molar-refractivity contribution in [1.29, 1.82) is 0 Å². The van der Waals surface area contributed by atoms with Gasteiger partial charge < -0.3 is 15.4 Å². The Morgan fingerprint density at radius 1 is 0.972 bits per heavy atom. The van der Waals surface area contributed by atoms with Gasteiger partial charge in [-0.1, -0.05) is 78.5 Å². The molecule has 0 fully saturated rings. The summed E-state index contributed by atoms with van der Waals surface area (Å²) in [6.45, 7) is 6.05. The predicted octanol–water partition coefficient (Wildman–Crippen LogP) is 5.65. The van der Waals surface area contributed by atoms with Crippen LogP contribution in [0.5, 0.6) is 0 Å². The first-order valence-electron chi connectivity index (χ1n) is 11.8. The summed E-state index contributed by atoms with van der Waals surface area (Å²) >= 11 is 1.30. The van der Waals surface area contributed by atoms with Gasteiger partial charge in [-0.25, -0.2) is 9.79 Å². The van der Waals surface area contributed by atoms with Gasteiger partial charge in [0, 0.05) is 5.69 Å². The monoisotopic (exact) mass is 499 g/mol. The van der Waals surface area contributed by atoms with E-state index in [1.54, 1.807) is 6.92 Å². The number of amidine groups is 1. The minimum absolute atomic E-state index is 0.132. The lowest BCUT2D eigenvalue weighted by molar-refractivity contribution is -0.138. The van der Waals surface area contributed by atoms with Crippen LogP contribution in [0.4, 0.5) is 5.69 Å². The molecular weight excluding hydrogens is 470 g/mol. The van der Waals surface area contributed by atoms with Crippen molar-refractivity contribution in [3.8, 4) is 0 Å². The van der Waals surface area contributed by atoms with Crippen LogP contribution in [0.1, 0.15) is 35.2 Å². The first-order valence-corrected chi connectivity index (χ1v) is 12.8. The van der Waals surface area contributed by atoms with Crippen molar-refractivity contribution in [1.82, 2.24) is 5.32 Å². The number of rotatable bonds is 7. The van der Waals surface area contributed by atoms with Crippen molar-refractivity contribution in [2.24, 2.45) is 4.99 Å². The Bertz CT molecular complexity index is 1280. The van der Waals surface area contributed by atoms with Crippen molar-refractivity contribution in [2.45, 2.75) is 26.8 Å². The molecule has 0 aromatic heterocycles. The van der Waals surface area contributed by atoms with Crippen LogP contribution in [0.3, 0.4) is 0 Å². The third-order valence-electron chi connectivity index (χ3n) is 5.54. The minimum Gasteiger partial charge on any atom is -0.463 e. The third kappa shape index (κ3) is 6.23. The van der Waals surface area contributed by atoms with Crippen LogP contribution < -0.4 is 10.6 Å². The van der Waals surface area contributed by atoms with E-state index in [-0.39, 0.29) is 18.3 Å². The number of ether oxygens (including phenoxy) is 1. The first kappa shape index (κ1) is 25.3. The summed E-state index contributed by atoms with van der Waals surface area (Å²) < 4.78 is 5.43. The molecule has 4 rings (SSSR count). The summed E-state index contributed by atoms with van der Waals surface area (Å²) in [4.78, 5) is 30.7. The first-order chi connectivity index (χ1) is 17.4. The van der Waals surface area contributed by atoms with Crippen LogP contribution in [-0.2, 0) is 14.3 Å². The van der Waals surface area contributed by atoms with E-state index in [1.807, 2.05) is 86.6 Å². The fourth-order valence-corrected chi connectivity index (χ4v) is 4.80. The Hall–Kier alpha value is -3.84. The lowest BCUT2D eigenvalue weighted by Crippen LogP contribution is -2.31. The maximum atomic E-state index is 13.1. The highest BCUT2D eigenvalue weighted by molar-refractivity contribution is 8.14. The molecule has 0 aliphatic carbocycles. The average molecular weight is 500 g/mol. The minimum atomic E-state index is -0.563. The van der Waals surface area contributed by atoms with Crippen molar-refractivity contribution in [3.05, 3.63) is 107 Å². The molecule has 184 valence electrons. The maximum Gasteiger partial charge on any atom is 0.338 e. The number of carbonyl (C=O) groups is 2. The number of carbonyl (C=O) groups excluding carboxylic acids is 2. The lowest BCUT2D eigenvalue weighted by Gasteiger charge is -2.27. The molecule has 6 nitrogen and oxygen atoms in total. The van der Waals surface area contributed by atoms with Crippen LogP contribution in [0.2, 0.25) is 0 Å². The molecule has 36 heavy (non-hydrogen) atoms. The Balaban J connectivity index is 1.63. The van der Waals surface area contributed by atoms with E-state index < -0.39 is 12.0 Å². The fourth-order valence-electron chi connectivity index (χ4n) is 4.11. The van der Waals surface area contributed by atoms with Gasteiger partial charge in [0.05, 0.1) is 23.6 Å². The van der Waals surface area contributed by atoms with Crippen molar-refractivity contribution >= 4 is 40.2 Å². The Morgan fingerprint density at radius 3 is 2.25 bits per heavy atom. The topological polar surface area (TPSA) is 79.8 Å². The smallest absolute Gasteiger partial charge is 0.338 e. The highest BCUT2D eigenvalue weighted by Gasteiger charge is 2.32. The lowest BCUT2D eigenvalue weighted by atomic mass is 9.94. The zero-order valence-corrected chi connectivity index (χ0v) is 21.4. The molecule has 3 aromatic carbocycles. The zero-order valence-electron chi connectivity index (χ0n) is 20.6. The molecule has 0 radical (unpaired) electrons. The van der Waals surface area contributed by atoms with E-state index in [9.17, 15) is 9.59 Å². The molecule has 0 spiro atoms. The number of thioether (sulfide) groups is 1. The molecule has 1 aliphatic rings. The van der Waals surface area contributed by atoms with E-state index >= 15 is 0 Å². The number of aliphatic imine (C=N–C) groups is 1. The number of amides is 1. The second-order valence-corrected chi connectivity index (χ2v) is 9.42. The Morgan fingerprint density at radius 2 is 1.61 bits per heavy atom. The van der Waals surface area contributed by atoms with E-state index in [2.05, 4.69) is 16.7 Å². The summed E-state index contributed by atoms with van der Waals surface area (Å²) in [5.41, 5.74) is 5.74. The molecule has 3 aromatic rings. The number of benzene rings is 3. The SMILES string of the molecule is CCOC(=O)C1=C(c2ccccc2)NC(SCC(=O)Nc2cc(C)cc(C)c2)=N[C@H]1c1ccccc1. The van der Waals surface area contributed by atoms with Gasteiger partial charge in [-0.05, 0) is 55.2 Å². The molecule has 2 N–H and O–H groups in total. The summed E-state index contributed by atoms with van der Waals surface area (Å²) in [5.74, 6) is -0.387. The standard InChI is InChI=1S/C29H29N3O3S/c1-4-35-28(34)25-26(21-11-7-5-8-12-21)31-29(32-27(25)22-13-9-6-10-14-22)36-18-24(33)30-23-16-19(2)15-20(3)17-23/h5-17,26H,4,18H2,1-3H3,(H,30,33)(H,31,32)/t26-/m0/s1. The molecule has 0 saturated carbocycles. The second-order valence-electron chi connectivity index (χ2n) is 8.46. The number of hydrogen-bond acceptors (Lipinski definition) is 6. The Kier molecular flexibility index (Phi) is 8.23. The van der Waals surface area contributed by atoms with E-state index in [0.29, 0.717) is 16.4 Å². The summed E-state index contributed by atoms with van der Waals surface area (Å²) in [7, 11) is 0. The van der Waals surface area contributed by atoms with Gasteiger partial charge in [0.25, 0.3) is 0 Å². The molecular formula is C29H29N3O3S. The largest absolute Gasteiger partial charge is 0.463 e. The fraction of sp³-hybridized carbons (Fsp3) is 0.207. The highest BCUT2D eigenvalue weighted by atomic mass is 32.2. The number of hydrogen-bond donors (Lipinski definition) is 2. The molecule has 0 unspecified atom stereocenters. The molecule has 1 atom stereocenters. The zero-order chi connectivity index (χ0) is 25.5.